The van der Waals surface area contributed by atoms with Crippen LogP contribution in [0.2, 0.25) is 0 Å². The summed E-state index contributed by atoms with van der Waals surface area (Å²) in [5.74, 6) is -0.972. The summed E-state index contributed by atoms with van der Waals surface area (Å²) in [4.78, 5) is 38.1. The molecule has 0 fully saturated rings. The second-order valence-corrected chi connectivity index (χ2v) is 5.55. The summed E-state index contributed by atoms with van der Waals surface area (Å²) >= 11 is 0. The number of unbranched alkanes of at least 4 members (excludes halogenated alkanes) is 1. The zero-order valence-electron chi connectivity index (χ0n) is 13.2. The summed E-state index contributed by atoms with van der Waals surface area (Å²) in [6, 6.07) is 6.20. The number of carbonyl (C=O) groups is 3. The molecule has 0 aliphatic carbocycles. The first-order valence-corrected chi connectivity index (χ1v) is 7.79. The lowest BCUT2D eigenvalue weighted by molar-refractivity contribution is 0.0652. The van der Waals surface area contributed by atoms with Crippen molar-refractivity contribution in [3.8, 4) is 0 Å². The number of nitrogens with zero attached hydrogens (tertiary/aromatic N) is 2. The molecule has 2 heterocycles. The van der Waals surface area contributed by atoms with E-state index in [1.54, 1.807) is 12.1 Å². The van der Waals surface area contributed by atoms with E-state index in [1.165, 1.54) is 23.3 Å². The number of rotatable bonds is 6. The van der Waals surface area contributed by atoms with Gasteiger partial charge < -0.3 is 9.84 Å². The molecule has 1 aliphatic heterocycles. The Hall–Kier alpha value is -2.96. The van der Waals surface area contributed by atoms with Gasteiger partial charge in [-0.1, -0.05) is 18.5 Å². The Labute approximate surface area is 138 Å². The van der Waals surface area contributed by atoms with E-state index in [0.29, 0.717) is 23.4 Å². The van der Waals surface area contributed by atoms with Gasteiger partial charge >= 0.3 is 0 Å². The van der Waals surface area contributed by atoms with Gasteiger partial charge in [-0.05, 0) is 24.6 Å². The SMILES string of the molecule is CCCCN1C(=O)c2ccc(C(=O)NCc3ccon3)cc2C1=O. The molecule has 1 aromatic carbocycles. The largest absolute Gasteiger partial charge is 0.364 e. The van der Waals surface area contributed by atoms with Crippen LogP contribution in [0.15, 0.2) is 35.1 Å². The van der Waals surface area contributed by atoms with E-state index in [1.807, 2.05) is 6.92 Å². The smallest absolute Gasteiger partial charge is 0.261 e. The molecule has 24 heavy (non-hydrogen) atoms. The van der Waals surface area contributed by atoms with Crippen LogP contribution in [0.25, 0.3) is 0 Å². The third-order valence-electron chi connectivity index (χ3n) is 3.89. The van der Waals surface area contributed by atoms with Crippen molar-refractivity contribution in [2.75, 3.05) is 6.54 Å². The number of nitrogens with one attached hydrogen (secondary N) is 1. The predicted octanol–water partition coefficient (Wildman–Crippen LogP) is 2.00. The van der Waals surface area contributed by atoms with Gasteiger partial charge in [0.2, 0.25) is 0 Å². The molecule has 1 N–H and O–H groups in total. The molecule has 0 radical (unpaired) electrons. The topological polar surface area (TPSA) is 92.5 Å². The van der Waals surface area contributed by atoms with E-state index >= 15 is 0 Å². The zero-order chi connectivity index (χ0) is 17.1. The van der Waals surface area contributed by atoms with Crippen LogP contribution < -0.4 is 5.32 Å². The fourth-order valence-corrected chi connectivity index (χ4v) is 2.55. The van der Waals surface area contributed by atoms with E-state index in [-0.39, 0.29) is 29.8 Å². The Balaban J connectivity index is 1.75. The fraction of sp³-hybridized carbons (Fsp3) is 0.294. The predicted molar refractivity (Wildman–Crippen MR) is 84.4 cm³/mol. The number of hydrogen-bond donors (Lipinski definition) is 1. The summed E-state index contributed by atoms with van der Waals surface area (Å²) in [5.41, 5.74) is 1.56. The molecule has 2 aromatic rings. The Morgan fingerprint density at radius 1 is 1.21 bits per heavy atom. The van der Waals surface area contributed by atoms with Crippen LogP contribution in [0, 0.1) is 0 Å². The third kappa shape index (κ3) is 2.92. The first-order chi connectivity index (χ1) is 11.6. The Morgan fingerprint density at radius 3 is 2.71 bits per heavy atom. The Bertz CT molecular complexity index is 783. The normalized spacial score (nSPS) is 13.3. The van der Waals surface area contributed by atoms with Gasteiger partial charge in [0.25, 0.3) is 17.7 Å². The molecule has 7 nitrogen and oxygen atoms in total. The maximum Gasteiger partial charge on any atom is 0.261 e. The quantitative estimate of drug-likeness (QED) is 0.819. The van der Waals surface area contributed by atoms with Crippen LogP contribution in [-0.2, 0) is 6.54 Å². The molecule has 3 rings (SSSR count). The van der Waals surface area contributed by atoms with Crippen molar-refractivity contribution >= 4 is 17.7 Å². The van der Waals surface area contributed by atoms with Gasteiger partial charge in [-0.15, -0.1) is 0 Å². The van der Waals surface area contributed by atoms with Gasteiger partial charge in [-0.25, -0.2) is 0 Å². The van der Waals surface area contributed by atoms with Crippen molar-refractivity contribution in [3.05, 3.63) is 52.9 Å². The molecule has 7 heteroatoms. The number of carbonyl (C=O) groups excluding carboxylic acids is 3. The van der Waals surface area contributed by atoms with Crippen molar-refractivity contribution < 1.29 is 18.9 Å². The van der Waals surface area contributed by atoms with Gasteiger partial charge in [0.1, 0.15) is 12.0 Å². The fourth-order valence-electron chi connectivity index (χ4n) is 2.55. The lowest BCUT2D eigenvalue weighted by Gasteiger charge is -2.12. The van der Waals surface area contributed by atoms with Crippen molar-refractivity contribution in [1.29, 1.82) is 0 Å². The minimum atomic E-state index is -0.340. The van der Waals surface area contributed by atoms with E-state index in [2.05, 4.69) is 10.5 Å². The Kier molecular flexibility index (Phi) is 4.41. The maximum atomic E-state index is 12.4. The molecule has 1 aromatic heterocycles. The lowest BCUT2D eigenvalue weighted by Crippen LogP contribution is -2.30. The zero-order valence-corrected chi connectivity index (χ0v) is 13.2. The highest BCUT2D eigenvalue weighted by molar-refractivity contribution is 6.22. The maximum absolute atomic E-state index is 12.4. The van der Waals surface area contributed by atoms with E-state index in [9.17, 15) is 14.4 Å². The molecule has 0 saturated carbocycles. The molecule has 3 amide bonds. The molecule has 0 bridgehead atoms. The molecule has 0 atom stereocenters. The summed E-state index contributed by atoms with van der Waals surface area (Å²) in [6.07, 6.45) is 3.08. The highest BCUT2D eigenvalue weighted by Gasteiger charge is 2.35. The molecule has 0 saturated heterocycles. The van der Waals surface area contributed by atoms with Crippen LogP contribution in [0.5, 0.6) is 0 Å². The van der Waals surface area contributed by atoms with E-state index in [4.69, 9.17) is 4.52 Å². The first-order valence-electron chi connectivity index (χ1n) is 7.79. The van der Waals surface area contributed by atoms with Gasteiger partial charge in [-0.3, -0.25) is 19.3 Å². The van der Waals surface area contributed by atoms with Gasteiger partial charge in [-0.2, -0.15) is 0 Å². The molecular formula is C17H17N3O4. The average molecular weight is 327 g/mol. The third-order valence-corrected chi connectivity index (χ3v) is 3.89. The van der Waals surface area contributed by atoms with Crippen LogP contribution in [0.3, 0.4) is 0 Å². The van der Waals surface area contributed by atoms with Gasteiger partial charge in [0.05, 0.1) is 17.7 Å². The Morgan fingerprint density at radius 2 is 2.00 bits per heavy atom. The van der Waals surface area contributed by atoms with Crippen LogP contribution in [-0.4, -0.2) is 34.3 Å². The molecular weight excluding hydrogens is 310 g/mol. The average Bonchev–Trinajstić information content (AvgIpc) is 3.19. The minimum Gasteiger partial charge on any atom is -0.364 e. The summed E-state index contributed by atoms with van der Waals surface area (Å²) in [7, 11) is 0. The number of hydrogen-bond acceptors (Lipinski definition) is 5. The molecule has 0 spiro atoms. The number of benzene rings is 1. The van der Waals surface area contributed by atoms with E-state index in [0.717, 1.165) is 12.8 Å². The number of fused-ring (bicyclic) bond motifs is 1. The van der Waals surface area contributed by atoms with Crippen molar-refractivity contribution in [2.24, 2.45) is 0 Å². The molecule has 124 valence electrons. The number of imide groups is 1. The van der Waals surface area contributed by atoms with Crippen LogP contribution >= 0.6 is 0 Å². The van der Waals surface area contributed by atoms with E-state index < -0.39 is 0 Å². The van der Waals surface area contributed by atoms with Gasteiger partial charge in [0, 0.05) is 18.2 Å². The van der Waals surface area contributed by atoms with Crippen molar-refractivity contribution in [2.45, 2.75) is 26.3 Å². The second-order valence-electron chi connectivity index (χ2n) is 5.55. The molecule has 1 aliphatic rings. The highest BCUT2D eigenvalue weighted by atomic mass is 16.5. The lowest BCUT2D eigenvalue weighted by atomic mass is 10.1. The highest BCUT2D eigenvalue weighted by Crippen LogP contribution is 2.24. The second kappa shape index (κ2) is 6.66. The van der Waals surface area contributed by atoms with Gasteiger partial charge in [0.15, 0.2) is 0 Å². The van der Waals surface area contributed by atoms with Crippen LogP contribution in [0.4, 0.5) is 0 Å². The van der Waals surface area contributed by atoms with Crippen molar-refractivity contribution in [1.82, 2.24) is 15.4 Å². The molecule has 0 unspecified atom stereocenters. The monoisotopic (exact) mass is 327 g/mol. The summed E-state index contributed by atoms with van der Waals surface area (Å²) in [5, 5.41) is 6.40. The first kappa shape index (κ1) is 15.9. The standard InChI is InChI=1S/C17H17N3O4/c1-2-3-7-20-16(22)13-5-4-11(9-14(13)17(20)23)15(21)18-10-12-6-8-24-19-12/h4-6,8-9H,2-3,7,10H2,1H3,(H,18,21). The summed E-state index contributed by atoms with van der Waals surface area (Å²) < 4.78 is 4.69. The van der Waals surface area contributed by atoms with Crippen molar-refractivity contribution in [3.63, 3.8) is 0 Å². The number of aromatic nitrogens is 1. The minimum absolute atomic E-state index is 0.224. The summed E-state index contributed by atoms with van der Waals surface area (Å²) in [6.45, 7) is 2.62. The van der Waals surface area contributed by atoms with Crippen LogP contribution in [0.1, 0.15) is 56.5 Å². The number of amides is 3.